The number of carbonyl (C=O) groups excluding carboxylic acids is 1. The van der Waals surface area contributed by atoms with Crippen LogP contribution in [0.15, 0.2) is 22.7 Å². The number of fused-ring (bicyclic) bond motifs is 2. The number of aliphatic hydroxyl groups is 1. The first kappa shape index (κ1) is 16.8. The van der Waals surface area contributed by atoms with Crippen molar-refractivity contribution in [1.29, 1.82) is 0 Å². The SMILES string of the molecule is CC(C)(C)OC(=O)N1CCC2(CC1)c1cc(Br)ccc1CC2O. The molecule has 1 fully saturated rings. The first-order chi connectivity index (χ1) is 10.7. The molecule has 126 valence electrons. The van der Waals surface area contributed by atoms with Gasteiger partial charge < -0.3 is 14.7 Å². The zero-order chi connectivity index (χ0) is 16.8. The molecule has 4 nitrogen and oxygen atoms in total. The zero-order valence-electron chi connectivity index (χ0n) is 13.9. The molecule has 3 rings (SSSR count). The molecule has 1 saturated heterocycles. The van der Waals surface area contributed by atoms with Gasteiger partial charge in [0, 0.05) is 23.0 Å². The lowest BCUT2D eigenvalue weighted by atomic mass is 9.72. The number of hydrogen-bond acceptors (Lipinski definition) is 3. The number of carbonyl (C=O) groups is 1. The summed E-state index contributed by atoms with van der Waals surface area (Å²) in [4.78, 5) is 14.0. The van der Waals surface area contributed by atoms with Gasteiger partial charge >= 0.3 is 6.09 Å². The molecule has 0 radical (unpaired) electrons. The molecule has 0 saturated carbocycles. The number of likely N-dealkylation sites (tertiary alicyclic amines) is 1. The summed E-state index contributed by atoms with van der Waals surface area (Å²) in [6.07, 6.45) is 1.63. The van der Waals surface area contributed by atoms with Gasteiger partial charge in [-0.15, -0.1) is 0 Å². The van der Waals surface area contributed by atoms with Crippen LogP contribution in [0.5, 0.6) is 0 Å². The molecule has 1 aromatic rings. The Morgan fingerprint density at radius 2 is 2.00 bits per heavy atom. The summed E-state index contributed by atoms with van der Waals surface area (Å²) in [5, 5.41) is 10.7. The fourth-order valence-electron chi connectivity index (χ4n) is 3.79. The normalized spacial score (nSPS) is 23.0. The van der Waals surface area contributed by atoms with Gasteiger partial charge in [-0.3, -0.25) is 0 Å². The van der Waals surface area contributed by atoms with Crippen LogP contribution in [-0.4, -0.2) is 40.9 Å². The van der Waals surface area contributed by atoms with E-state index in [2.05, 4.69) is 28.1 Å². The first-order valence-electron chi connectivity index (χ1n) is 8.16. The van der Waals surface area contributed by atoms with Gasteiger partial charge in [0.15, 0.2) is 0 Å². The molecule has 2 aliphatic rings. The van der Waals surface area contributed by atoms with Gasteiger partial charge in [0.2, 0.25) is 0 Å². The maximum Gasteiger partial charge on any atom is 0.410 e. The summed E-state index contributed by atoms with van der Waals surface area (Å²) in [6.45, 7) is 6.89. The molecule has 1 heterocycles. The van der Waals surface area contributed by atoms with Crippen LogP contribution in [0.25, 0.3) is 0 Å². The predicted octanol–water partition coefficient (Wildman–Crippen LogP) is 3.63. The van der Waals surface area contributed by atoms with Crippen molar-refractivity contribution in [3.63, 3.8) is 0 Å². The van der Waals surface area contributed by atoms with E-state index < -0.39 is 5.60 Å². The van der Waals surface area contributed by atoms with Crippen LogP contribution in [0.4, 0.5) is 4.79 Å². The monoisotopic (exact) mass is 381 g/mol. The van der Waals surface area contributed by atoms with E-state index in [-0.39, 0.29) is 17.6 Å². The minimum Gasteiger partial charge on any atom is -0.444 e. The topological polar surface area (TPSA) is 49.8 Å². The third kappa shape index (κ3) is 3.13. The lowest BCUT2D eigenvalue weighted by Crippen LogP contribution is -2.50. The number of aliphatic hydroxyl groups excluding tert-OH is 1. The minimum atomic E-state index is -0.476. The molecular formula is C18H24BrNO3. The van der Waals surface area contributed by atoms with Gasteiger partial charge in [-0.1, -0.05) is 22.0 Å². The number of hydrogen-bond donors (Lipinski definition) is 1. The van der Waals surface area contributed by atoms with Gasteiger partial charge in [0.1, 0.15) is 5.60 Å². The Kier molecular flexibility index (Phi) is 4.21. The molecule has 0 bridgehead atoms. The van der Waals surface area contributed by atoms with Crippen molar-refractivity contribution >= 4 is 22.0 Å². The number of piperidine rings is 1. The van der Waals surface area contributed by atoms with E-state index in [0.717, 1.165) is 17.3 Å². The van der Waals surface area contributed by atoms with Gasteiger partial charge in [-0.25, -0.2) is 4.79 Å². The molecule has 1 amide bonds. The van der Waals surface area contributed by atoms with Gasteiger partial charge in [-0.2, -0.15) is 0 Å². The summed E-state index contributed by atoms with van der Waals surface area (Å²) in [5.41, 5.74) is 1.77. The van der Waals surface area contributed by atoms with E-state index >= 15 is 0 Å². The van der Waals surface area contributed by atoms with E-state index in [1.54, 1.807) is 4.90 Å². The standard InChI is InChI=1S/C18H24BrNO3/c1-17(2,3)23-16(22)20-8-6-18(7-9-20)14-11-13(19)5-4-12(14)10-15(18)21/h4-5,11,15,21H,6-10H2,1-3H3. The van der Waals surface area contributed by atoms with Gasteiger partial charge in [0.25, 0.3) is 0 Å². The quantitative estimate of drug-likeness (QED) is 0.746. The summed E-state index contributed by atoms with van der Waals surface area (Å²) in [7, 11) is 0. The van der Waals surface area contributed by atoms with E-state index in [0.29, 0.717) is 19.5 Å². The van der Waals surface area contributed by atoms with Crippen LogP contribution >= 0.6 is 15.9 Å². The molecule has 1 aromatic carbocycles. The molecule has 5 heteroatoms. The Balaban J connectivity index is 1.76. The molecule has 1 spiro atoms. The number of benzene rings is 1. The van der Waals surface area contributed by atoms with Gasteiger partial charge in [0.05, 0.1) is 6.10 Å². The van der Waals surface area contributed by atoms with Crippen LogP contribution in [0.1, 0.15) is 44.7 Å². The molecule has 1 aliphatic carbocycles. The number of rotatable bonds is 0. The Morgan fingerprint density at radius 1 is 1.35 bits per heavy atom. The second-order valence-electron chi connectivity index (χ2n) is 7.64. The number of nitrogens with zero attached hydrogens (tertiary/aromatic N) is 1. The third-order valence-electron chi connectivity index (χ3n) is 4.97. The van der Waals surface area contributed by atoms with Crippen molar-refractivity contribution in [3.05, 3.63) is 33.8 Å². The second-order valence-corrected chi connectivity index (χ2v) is 8.56. The van der Waals surface area contributed by atoms with Crippen molar-refractivity contribution in [2.45, 2.75) is 57.2 Å². The van der Waals surface area contributed by atoms with Crippen LogP contribution in [0.3, 0.4) is 0 Å². The summed E-state index contributed by atoms with van der Waals surface area (Å²) >= 11 is 3.54. The molecule has 0 aromatic heterocycles. The van der Waals surface area contributed by atoms with Crippen molar-refractivity contribution < 1.29 is 14.6 Å². The fourth-order valence-corrected chi connectivity index (χ4v) is 4.15. The highest BCUT2D eigenvalue weighted by molar-refractivity contribution is 9.10. The smallest absolute Gasteiger partial charge is 0.410 e. The highest BCUT2D eigenvalue weighted by Gasteiger charge is 2.48. The summed E-state index contributed by atoms with van der Waals surface area (Å²) < 4.78 is 6.50. The molecule has 1 aliphatic heterocycles. The second kappa shape index (κ2) is 5.78. The Bertz CT molecular complexity index is 615. The van der Waals surface area contributed by atoms with E-state index in [9.17, 15) is 9.90 Å². The van der Waals surface area contributed by atoms with Crippen molar-refractivity contribution in [2.24, 2.45) is 0 Å². The lowest BCUT2D eigenvalue weighted by Gasteiger charge is -2.42. The highest BCUT2D eigenvalue weighted by atomic mass is 79.9. The van der Waals surface area contributed by atoms with Crippen LogP contribution in [-0.2, 0) is 16.6 Å². The molecule has 1 N–H and O–H groups in total. The average molecular weight is 382 g/mol. The van der Waals surface area contributed by atoms with Crippen molar-refractivity contribution in [3.8, 4) is 0 Å². The lowest BCUT2D eigenvalue weighted by molar-refractivity contribution is 0.00279. The summed E-state index contributed by atoms with van der Waals surface area (Å²) in [5.74, 6) is 0. The fraction of sp³-hybridized carbons (Fsp3) is 0.611. The maximum absolute atomic E-state index is 12.2. The van der Waals surface area contributed by atoms with Crippen molar-refractivity contribution in [2.75, 3.05) is 13.1 Å². The number of ether oxygens (including phenoxy) is 1. The Hall–Kier alpha value is -1.07. The average Bonchev–Trinajstić information content (AvgIpc) is 2.71. The number of amides is 1. The zero-order valence-corrected chi connectivity index (χ0v) is 15.5. The van der Waals surface area contributed by atoms with Crippen molar-refractivity contribution in [1.82, 2.24) is 4.90 Å². The maximum atomic E-state index is 12.2. The molecule has 1 unspecified atom stereocenters. The van der Waals surface area contributed by atoms with Crippen LogP contribution in [0.2, 0.25) is 0 Å². The van der Waals surface area contributed by atoms with E-state index in [1.807, 2.05) is 26.8 Å². The van der Waals surface area contributed by atoms with E-state index in [1.165, 1.54) is 11.1 Å². The largest absolute Gasteiger partial charge is 0.444 e. The minimum absolute atomic E-state index is 0.225. The third-order valence-corrected chi connectivity index (χ3v) is 5.46. The van der Waals surface area contributed by atoms with Crippen LogP contribution < -0.4 is 0 Å². The molecule has 23 heavy (non-hydrogen) atoms. The van der Waals surface area contributed by atoms with Gasteiger partial charge in [-0.05, 0) is 63.3 Å². The Morgan fingerprint density at radius 3 is 2.61 bits per heavy atom. The first-order valence-corrected chi connectivity index (χ1v) is 8.95. The number of halogens is 1. The molecular weight excluding hydrogens is 358 g/mol. The molecule has 1 atom stereocenters. The van der Waals surface area contributed by atoms with Crippen LogP contribution in [0, 0.1) is 0 Å². The predicted molar refractivity (Wildman–Crippen MR) is 92.6 cm³/mol. The Labute approximate surface area is 145 Å². The summed E-state index contributed by atoms with van der Waals surface area (Å²) in [6, 6.07) is 6.26. The highest BCUT2D eigenvalue weighted by Crippen LogP contribution is 2.47. The van der Waals surface area contributed by atoms with E-state index in [4.69, 9.17) is 4.74 Å².